The summed E-state index contributed by atoms with van der Waals surface area (Å²) in [5.74, 6) is 0.449. The fourth-order valence-corrected chi connectivity index (χ4v) is 3.41. The lowest BCUT2D eigenvalue weighted by Gasteiger charge is -2.27. The van der Waals surface area contributed by atoms with Gasteiger partial charge in [0.15, 0.2) is 0 Å². The molecule has 0 spiro atoms. The van der Waals surface area contributed by atoms with E-state index in [1.165, 1.54) is 12.5 Å². The highest BCUT2D eigenvalue weighted by molar-refractivity contribution is 8.02. The number of alkyl carbamates (subject to hydrolysis) is 1. The molecule has 1 aromatic rings. The highest BCUT2D eigenvalue weighted by Gasteiger charge is 2.38. The second-order valence-electron chi connectivity index (χ2n) is 7.24. The molecule has 0 saturated heterocycles. The van der Waals surface area contributed by atoms with E-state index in [1.807, 2.05) is 26.2 Å². The summed E-state index contributed by atoms with van der Waals surface area (Å²) in [6.07, 6.45) is 4.66. The Hall–Kier alpha value is -1.69. The summed E-state index contributed by atoms with van der Waals surface area (Å²) in [4.78, 5) is 24.6. The number of hydrogen-bond donors (Lipinski definition) is 1. The van der Waals surface area contributed by atoms with Gasteiger partial charge in [-0.05, 0) is 59.1 Å². The van der Waals surface area contributed by atoms with Gasteiger partial charge in [-0.25, -0.2) is 4.79 Å². The van der Waals surface area contributed by atoms with E-state index in [0.29, 0.717) is 0 Å². The summed E-state index contributed by atoms with van der Waals surface area (Å²) in [7, 11) is 0. The molecule has 0 aliphatic heterocycles. The van der Waals surface area contributed by atoms with Crippen LogP contribution < -0.4 is 5.32 Å². The Labute approximate surface area is 166 Å². The van der Waals surface area contributed by atoms with Crippen molar-refractivity contribution in [2.24, 2.45) is 0 Å². The monoisotopic (exact) mass is 388 g/mol. The summed E-state index contributed by atoms with van der Waals surface area (Å²) >= 11 is 1.59. The van der Waals surface area contributed by atoms with Gasteiger partial charge in [-0.3, -0.25) is 4.79 Å². The zero-order valence-electron chi connectivity index (χ0n) is 16.4. The fourth-order valence-electron chi connectivity index (χ4n) is 2.42. The van der Waals surface area contributed by atoms with Gasteiger partial charge in [-0.1, -0.05) is 17.7 Å². The van der Waals surface area contributed by atoms with Gasteiger partial charge in [0.2, 0.25) is 0 Å². The number of ether oxygens (including phenoxy) is 2. The molecule has 1 N–H and O–H groups in total. The minimum Gasteiger partial charge on any atom is -0.460 e. The first-order valence-corrected chi connectivity index (χ1v) is 9.60. The van der Waals surface area contributed by atoms with Crippen molar-refractivity contribution in [3.63, 3.8) is 0 Å². The molecule has 145 valence electrons. The zero-order valence-corrected chi connectivity index (χ0v) is 17.2. The van der Waals surface area contributed by atoms with Gasteiger partial charge in [0.25, 0.3) is 0 Å². The Bertz CT molecular complexity index is 639. The van der Waals surface area contributed by atoms with E-state index >= 15 is 0 Å². The van der Waals surface area contributed by atoms with Gasteiger partial charge in [-0.2, -0.15) is 0 Å². The Balaban J connectivity index is 2.01. The van der Waals surface area contributed by atoms with Crippen LogP contribution in [0.4, 0.5) is 4.79 Å². The number of benzene rings is 1. The van der Waals surface area contributed by atoms with E-state index in [2.05, 4.69) is 29.6 Å². The van der Waals surface area contributed by atoms with Crippen molar-refractivity contribution in [1.29, 1.82) is 0 Å². The number of esters is 1. The topological polar surface area (TPSA) is 64.6 Å². The van der Waals surface area contributed by atoms with Crippen LogP contribution in [0.15, 0.2) is 29.2 Å². The summed E-state index contributed by atoms with van der Waals surface area (Å²) < 4.78 is 10.7. The first-order chi connectivity index (χ1) is 12.6. The lowest BCUT2D eigenvalue weighted by molar-refractivity contribution is -0.145. The quantitative estimate of drug-likeness (QED) is 0.737. The molecule has 1 amide bonds. The van der Waals surface area contributed by atoms with Crippen LogP contribution in [0.25, 0.3) is 0 Å². The van der Waals surface area contributed by atoms with E-state index in [-0.39, 0.29) is 6.54 Å². The maximum Gasteiger partial charge on any atom is 0.407 e. The van der Waals surface area contributed by atoms with E-state index in [1.54, 1.807) is 32.5 Å². The average Bonchev–Trinajstić information content (AvgIpc) is 2.99. The first kappa shape index (κ1) is 21.6. The standard InChI is InChI=1S/C21H26NO4S/c1-14-9-11-16(12-10-14)27-19-8-6-7-17(19)18(25-15(2)23)13-22-20(24)26-21(3,4)5/h6-12,18H,13H2,1-5H3,(H,22,24)/t18-/m0/s1. The highest BCUT2D eigenvalue weighted by atomic mass is 32.2. The van der Waals surface area contributed by atoms with Crippen molar-refractivity contribution >= 4 is 23.8 Å². The van der Waals surface area contributed by atoms with E-state index in [9.17, 15) is 9.59 Å². The van der Waals surface area contributed by atoms with E-state index < -0.39 is 23.8 Å². The number of nitrogens with one attached hydrogen (secondary N) is 1. The SMILES string of the molecule is CC(=O)O[C@@H](CNC(=O)OC(C)(C)C)[C]1[CH][CH][CH][C]1Sc1ccc(C)cc1. The molecule has 0 heterocycles. The van der Waals surface area contributed by atoms with Gasteiger partial charge < -0.3 is 14.8 Å². The molecule has 27 heavy (non-hydrogen) atoms. The normalized spacial score (nSPS) is 16.8. The third-order valence-electron chi connectivity index (χ3n) is 3.54. The number of thioether (sulfide) groups is 1. The maximum absolute atomic E-state index is 11.9. The Morgan fingerprint density at radius 3 is 2.41 bits per heavy atom. The zero-order chi connectivity index (χ0) is 20.0. The van der Waals surface area contributed by atoms with Crippen molar-refractivity contribution in [2.45, 2.75) is 51.2 Å². The molecule has 0 aromatic heterocycles. The summed E-state index contributed by atoms with van der Waals surface area (Å²) in [6.45, 7) is 8.93. The molecule has 0 bridgehead atoms. The molecule has 1 saturated carbocycles. The second kappa shape index (κ2) is 9.49. The Morgan fingerprint density at radius 1 is 1.15 bits per heavy atom. The number of hydrogen-bond acceptors (Lipinski definition) is 5. The molecule has 2 rings (SSSR count). The van der Waals surface area contributed by atoms with Gasteiger partial charge >= 0.3 is 12.1 Å². The number of rotatable bonds is 6. The largest absolute Gasteiger partial charge is 0.460 e. The van der Waals surface area contributed by atoms with Crippen LogP contribution in [0, 0.1) is 37.4 Å². The van der Waals surface area contributed by atoms with Crippen LogP contribution in [-0.4, -0.2) is 30.3 Å². The predicted octanol–water partition coefficient (Wildman–Crippen LogP) is 4.28. The molecule has 1 aliphatic carbocycles. The third kappa shape index (κ3) is 7.45. The van der Waals surface area contributed by atoms with Gasteiger partial charge in [0.1, 0.15) is 11.7 Å². The highest BCUT2D eigenvalue weighted by Crippen LogP contribution is 2.47. The number of aryl methyl sites for hydroxylation is 1. The average molecular weight is 389 g/mol. The van der Waals surface area contributed by atoms with Crippen molar-refractivity contribution in [2.75, 3.05) is 6.54 Å². The minimum absolute atomic E-state index is 0.139. The van der Waals surface area contributed by atoms with Crippen LogP contribution in [0.1, 0.15) is 33.3 Å². The van der Waals surface area contributed by atoms with Crippen molar-refractivity contribution in [3.8, 4) is 0 Å². The summed E-state index contributed by atoms with van der Waals surface area (Å²) in [6, 6.07) is 8.21. The smallest absolute Gasteiger partial charge is 0.407 e. The number of carbonyl (C=O) groups excluding carboxylic acids is 2. The van der Waals surface area contributed by atoms with Crippen LogP contribution in [0.5, 0.6) is 0 Å². The molecule has 1 aromatic carbocycles. The predicted molar refractivity (Wildman–Crippen MR) is 106 cm³/mol. The molecular weight excluding hydrogens is 362 g/mol. The molecular formula is C21H26NO4S. The van der Waals surface area contributed by atoms with Crippen molar-refractivity contribution in [1.82, 2.24) is 5.32 Å². The van der Waals surface area contributed by atoms with Crippen LogP contribution >= 0.6 is 11.8 Å². The van der Waals surface area contributed by atoms with Crippen molar-refractivity contribution in [3.05, 3.63) is 60.3 Å². The Morgan fingerprint density at radius 2 is 1.81 bits per heavy atom. The molecule has 1 fully saturated rings. The van der Waals surface area contributed by atoms with Crippen LogP contribution in [-0.2, 0) is 14.3 Å². The van der Waals surface area contributed by atoms with Gasteiger partial charge in [0.05, 0.1) is 11.8 Å². The van der Waals surface area contributed by atoms with Gasteiger partial charge in [0, 0.05) is 17.7 Å². The lowest BCUT2D eigenvalue weighted by atomic mass is 10.00. The van der Waals surface area contributed by atoms with Crippen LogP contribution in [0.2, 0.25) is 0 Å². The molecule has 5 nitrogen and oxygen atoms in total. The van der Waals surface area contributed by atoms with Crippen LogP contribution in [0.3, 0.4) is 0 Å². The molecule has 6 heteroatoms. The molecule has 1 aliphatic rings. The molecule has 5 radical (unpaired) electrons. The summed E-state index contributed by atoms with van der Waals surface area (Å²) in [5, 5.41) is 3.67. The van der Waals surface area contributed by atoms with E-state index in [4.69, 9.17) is 9.47 Å². The maximum atomic E-state index is 11.9. The Kier molecular flexibility index (Phi) is 7.59. The molecule has 1 atom stereocenters. The first-order valence-electron chi connectivity index (χ1n) is 8.78. The minimum atomic E-state index is -0.590. The molecule has 0 unspecified atom stereocenters. The third-order valence-corrected chi connectivity index (χ3v) is 4.64. The van der Waals surface area contributed by atoms with Crippen molar-refractivity contribution < 1.29 is 19.1 Å². The fraction of sp³-hybridized carbons (Fsp3) is 0.381. The van der Waals surface area contributed by atoms with Gasteiger partial charge in [-0.15, -0.1) is 11.8 Å². The van der Waals surface area contributed by atoms with E-state index in [0.717, 1.165) is 16.1 Å². The second-order valence-corrected chi connectivity index (χ2v) is 8.36. The summed E-state index contributed by atoms with van der Waals surface area (Å²) in [5.41, 5.74) is 0.606. The number of carbonyl (C=O) groups is 2. The lowest BCUT2D eigenvalue weighted by Crippen LogP contribution is -2.41. The number of amides is 1.